The highest BCUT2D eigenvalue weighted by Crippen LogP contribution is 2.27. The Bertz CT molecular complexity index is 994. The number of carbonyl (C=O) groups is 1. The van der Waals surface area contributed by atoms with Crippen molar-refractivity contribution in [2.45, 2.75) is 18.1 Å². The van der Waals surface area contributed by atoms with Gasteiger partial charge < -0.3 is 14.1 Å². The monoisotopic (exact) mass is 411 g/mol. The van der Waals surface area contributed by atoms with Gasteiger partial charge in [0.1, 0.15) is 11.5 Å². The number of nitriles is 1. The first-order valence-electron chi connectivity index (χ1n) is 8.96. The van der Waals surface area contributed by atoms with Crippen molar-refractivity contribution < 1.29 is 13.9 Å². The van der Waals surface area contributed by atoms with E-state index in [0.717, 1.165) is 17.1 Å². The van der Waals surface area contributed by atoms with Crippen LogP contribution in [0.4, 0.5) is 0 Å². The third kappa shape index (κ3) is 5.18. The average Bonchev–Trinajstić information content (AvgIpc) is 3.40. The summed E-state index contributed by atoms with van der Waals surface area (Å²) in [7, 11) is 3.30. The van der Waals surface area contributed by atoms with E-state index in [4.69, 9.17) is 14.4 Å². The fraction of sp³-hybridized carbons (Fsp3) is 0.300. The number of nitrogens with zero attached hydrogens (tertiary/aromatic N) is 5. The van der Waals surface area contributed by atoms with Gasteiger partial charge in [-0.15, -0.1) is 10.2 Å². The second-order valence-electron chi connectivity index (χ2n) is 6.22. The molecule has 1 amide bonds. The van der Waals surface area contributed by atoms with E-state index in [1.54, 1.807) is 25.3 Å². The second-order valence-corrected chi connectivity index (χ2v) is 7.16. The van der Waals surface area contributed by atoms with Gasteiger partial charge >= 0.3 is 0 Å². The molecule has 2 heterocycles. The van der Waals surface area contributed by atoms with Crippen LogP contribution in [0.2, 0.25) is 0 Å². The first kappa shape index (κ1) is 20.5. The Morgan fingerprint density at radius 2 is 2.21 bits per heavy atom. The largest absolute Gasteiger partial charge is 0.497 e. The topological polar surface area (TPSA) is 97.2 Å². The molecule has 9 heteroatoms. The number of furan rings is 1. The van der Waals surface area contributed by atoms with Crippen LogP contribution in [0.1, 0.15) is 12.2 Å². The Hall–Kier alpha value is -3.25. The summed E-state index contributed by atoms with van der Waals surface area (Å²) in [4.78, 5) is 13.9. The van der Waals surface area contributed by atoms with Crippen LogP contribution in [-0.2, 0) is 11.3 Å². The molecule has 0 saturated carbocycles. The molecule has 0 atom stereocenters. The fourth-order valence-corrected chi connectivity index (χ4v) is 3.53. The summed E-state index contributed by atoms with van der Waals surface area (Å²) >= 11 is 1.31. The number of hydrogen-bond acceptors (Lipinski definition) is 7. The highest BCUT2D eigenvalue weighted by atomic mass is 32.2. The molecule has 0 aliphatic carbocycles. The van der Waals surface area contributed by atoms with Gasteiger partial charge in [-0.25, -0.2) is 0 Å². The molecule has 0 N–H and O–H groups in total. The highest BCUT2D eigenvalue weighted by molar-refractivity contribution is 7.99. The van der Waals surface area contributed by atoms with E-state index in [-0.39, 0.29) is 11.7 Å². The van der Waals surface area contributed by atoms with Crippen LogP contribution in [0.5, 0.6) is 5.75 Å². The van der Waals surface area contributed by atoms with E-state index in [1.165, 1.54) is 11.8 Å². The summed E-state index contributed by atoms with van der Waals surface area (Å²) in [6, 6.07) is 13.3. The number of thioether (sulfide) groups is 1. The van der Waals surface area contributed by atoms with Gasteiger partial charge in [-0.2, -0.15) is 5.26 Å². The quantitative estimate of drug-likeness (QED) is 0.499. The zero-order valence-corrected chi connectivity index (χ0v) is 17.1. The van der Waals surface area contributed by atoms with Crippen molar-refractivity contribution >= 4 is 17.7 Å². The average molecular weight is 411 g/mol. The summed E-state index contributed by atoms with van der Waals surface area (Å²) in [5.74, 6) is 2.27. The Morgan fingerprint density at radius 3 is 2.93 bits per heavy atom. The lowest BCUT2D eigenvalue weighted by atomic mass is 10.2. The highest BCUT2D eigenvalue weighted by Gasteiger charge is 2.18. The van der Waals surface area contributed by atoms with Crippen LogP contribution < -0.4 is 4.74 Å². The Morgan fingerprint density at radius 1 is 1.34 bits per heavy atom. The summed E-state index contributed by atoms with van der Waals surface area (Å²) < 4.78 is 12.7. The minimum Gasteiger partial charge on any atom is -0.497 e. The van der Waals surface area contributed by atoms with Gasteiger partial charge in [0.05, 0.1) is 38.2 Å². The molecule has 1 aromatic carbocycles. The molecular weight excluding hydrogens is 390 g/mol. The molecule has 3 aromatic rings. The number of hydrogen-bond donors (Lipinski definition) is 0. The second kappa shape index (κ2) is 9.80. The maximum atomic E-state index is 12.3. The van der Waals surface area contributed by atoms with Gasteiger partial charge in [0.2, 0.25) is 5.91 Å². The Labute approximate surface area is 173 Å². The molecule has 3 rings (SSSR count). The van der Waals surface area contributed by atoms with Gasteiger partial charge in [0.25, 0.3) is 0 Å². The number of ether oxygens (including phenoxy) is 1. The van der Waals surface area contributed by atoms with Crippen molar-refractivity contribution in [1.29, 1.82) is 5.26 Å². The summed E-state index contributed by atoms with van der Waals surface area (Å²) in [6.07, 6.45) is 1.92. The molecule has 8 nitrogen and oxygen atoms in total. The van der Waals surface area contributed by atoms with Crippen molar-refractivity contribution in [2.24, 2.45) is 0 Å². The molecular formula is C20H21N5O3S. The van der Waals surface area contributed by atoms with Crippen LogP contribution in [0.15, 0.2) is 52.2 Å². The van der Waals surface area contributed by atoms with Crippen molar-refractivity contribution in [3.05, 3.63) is 48.4 Å². The summed E-state index contributed by atoms with van der Waals surface area (Å²) in [5, 5.41) is 17.9. The minimum absolute atomic E-state index is 0.0688. The Kier molecular flexibility index (Phi) is 6.92. The number of carbonyl (C=O) groups excluding carboxylic acids is 1. The van der Waals surface area contributed by atoms with E-state index in [2.05, 4.69) is 10.2 Å². The smallest absolute Gasteiger partial charge is 0.232 e. The predicted octanol–water partition coefficient (Wildman–Crippen LogP) is 3.06. The van der Waals surface area contributed by atoms with Crippen LogP contribution in [0, 0.1) is 11.3 Å². The van der Waals surface area contributed by atoms with E-state index < -0.39 is 0 Å². The lowest BCUT2D eigenvalue weighted by molar-refractivity contribution is -0.127. The van der Waals surface area contributed by atoms with Crippen LogP contribution in [0.25, 0.3) is 11.4 Å². The van der Waals surface area contributed by atoms with Gasteiger partial charge in [-0.05, 0) is 24.3 Å². The number of methoxy groups -OCH3 is 1. The molecule has 0 unspecified atom stereocenters. The van der Waals surface area contributed by atoms with E-state index >= 15 is 0 Å². The molecule has 0 saturated heterocycles. The molecule has 2 aromatic heterocycles. The molecule has 150 valence electrons. The van der Waals surface area contributed by atoms with Crippen LogP contribution in [-0.4, -0.2) is 52.0 Å². The van der Waals surface area contributed by atoms with Gasteiger partial charge in [0, 0.05) is 19.2 Å². The first-order chi connectivity index (χ1) is 14.1. The molecule has 0 spiro atoms. The molecule has 0 radical (unpaired) electrons. The maximum Gasteiger partial charge on any atom is 0.232 e. The van der Waals surface area contributed by atoms with Crippen molar-refractivity contribution in [3.63, 3.8) is 0 Å². The predicted molar refractivity (Wildman–Crippen MR) is 108 cm³/mol. The third-order valence-corrected chi connectivity index (χ3v) is 5.20. The van der Waals surface area contributed by atoms with Crippen molar-refractivity contribution in [1.82, 2.24) is 19.7 Å². The Balaban J connectivity index is 1.84. The maximum absolute atomic E-state index is 12.3. The van der Waals surface area contributed by atoms with Gasteiger partial charge in [-0.1, -0.05) is 23.9 Å². The minimum atomic E-state index is -0.0688. The lowest BCUT2D eigenvalue weighted by Crippen LogP contribution is -2.29. The standard InChI is InChI=1S/C20H21N5O3S/c1-24(10-5-9-21)18(26)14-29-20-23-22-19(15-6-3-7-16(12-15)27-2)25(20)13-17-8-4-11-28-17/h3-4,6-8,11-12H,5,10,13-14H2,1-2H3. The molecule has 0 bridgehead atoms. The van der Waals surface area contributed by atoms with Crippen LogP contribution >= 0.6 is 11.8 Å². The van der Waals surface area contributed by atoms with E-state index in [1.807, 2.05) is 47.0 Å². The number of benzene rings is 1. The molecule has 0 aliphatic rings. The van der Waals surface area contributed by atoms with Crippen molar-refractivity contribution in [2.75, 3.05) is 26.5 Å². The van der Waals surface area contributed by atoms with Gasteiger partial charge in [-0.3, -0.25) is 9.36 Å². The van der Waals surface area contributed by atoms with Gasteiger partial charge in [0.15, 0.2) is 11.0 Å². The van der Waals surface area contributed by atoms with Crippen LogP contribution in [0.3, 0.4) is 0 Å². The summed E-state index contributed by atoms with van der Waals surface area (Å²) in [5.41, 5.74) is 0.854. The molecule has 0 aliphatic heterocycles. The SMILES string of the molecule is COc1cccc(-c2nnc(SCC(=O)N(C)CCC#N)n2Cc2ccco2)c1. The lowest BCUT2D eigenvalue weighted by Gasteiger charge is -2.15. The van der Waals surface area contributed by atoms with E-state index in [0.29, 0.717) is 30.5 Å². The normalized spacial score (nSPS) is 10.5. The number of amides is 1. The van der Waals surface area contributed by atoms with E-state index in [9.17, 15) is 4.79 Å². The number of rotatable bonds is 9. The first-order valence-corrected chi connectivity index (χ1v) is 9.94. The zero-order valence-electron chi connectivity index (χ0n) is 16.2. The summed E-state index contributed by atoms with van der Waals surface area (Å²) in [6.45, 7) is 0.845. The third-order valence-electron chi connectivity index (χ3n) is 4.25. The molecule has 29 heavy (non-hydrogen) atoms. The number of aromatic nitrogens is 3. The fourth-order valence-electron chi connectivity index (χ4n) is 2.65. The zero-order chi connectivity index (χ0) is 20.6. The molecule has 0 fully saturated rings. The van der Waals surface area contributed by atoms with Crippen molar-refractivity contribution in [3.8, 4) is 23.2 Å².